The molecule has 0 heterocycles. The Morgan fingerprint density at radius 3 is 2.35 bits per heavy atom. The first-order chi connectivity index (χ1) is 8.06. The number of rotatable bonds is 3. The van der Waals surface area contributed by atoms with E-state index in [-0.39, 0.29) is 0 Å². The summed E-state index contributed by atoms with van der Waals surface area (Å²) in [5.41, 5.74) is 9.34. The summed E-state index contributed by atoms with van der Waals surface area (Å²) in [6.07, 6.45) is 0.767. The van der Waals surface area contributed by atoms with Gasteiger partial charge in [0.2, 0.25) is 0 Å². The van der Waals surface area contributed by atoms with Gasteiger partial charge in [-0.3, -0.25) is 0 Å². The van der Waals surface area contributed by atoms with Crippen LogP contribution in [0.25, 0.3) is 0 Å². The van der Waals surface area contributed by atoms with Crippen molar-refractivity contribution in [2.24, 2.45) is 5.73 Å². The zero-order valence-electron chi connectivity index (χ0n) is 11.4. The largest absolute Gasteiger partial charge is 0.330 e. The van der Waals surface area contributed by atoms with Gasteiger partial charge in [-0.1, -0.05) is 51.7 Å². The third kappa shape index (κ3) is 3.91. The van der Waals surface area contributed by atoms with Crippen molar-refractivity contribution >= 4 is 0 Å². The molecule has 92 valence electrons. The van der Waals surface area contributed by atoms with Crippen LogP contribution in [0.3, 0.4) is 0 Å². The molecule has 0 amide bonds. The lowest BCUT2D eigenvalue weighted by Crippen LogP contribution is -1.98. The fourth-order valence-electron chi connectivity index (χ4n) is 1.76. The second-order valence-electron chi connectivity index (χ2n) is 5.00. The number of hydrogen-bond donors (Lipinski definition) is 1. The molecule has 0 aliphatic heterocycles. The van der Waals surface area contributed by atoms with Gasteiger partial charge >= 0.3 is 0 Å². The van der Waals surface area contributed by atoms with Crippen LogP contribution in [0.4, 0.5) is 0 Å². The van der Waals surface area contributed by atoms with Crippen molar-refractivity contribution in [2.75, 3.05) is 6.54 Å². The van der Waals surface area contributed by atoms with Crippen molar-refractivity contribution in [1.29, 1.82) is 0 Å². The molecule has 0 spiro atoms. The normalized spacial score (nSPS) is 10.5. The summed E-state index contributed by atoms with van der Waals surface area (Å²) in [5.74, 6) is 7.43. The Hall–Kier alpha value is -1.26. The Bertz CT molecular complexity index is 419. The number of nitrogens with two attached hydrogens (primary N) is 1. The first-order valence-electron chi connectivity index (χ1n) is 6.39. The third-order valence-electron chi connectivity index (χ3n) is 2.86. The molecule has 1 rings (SSSR count). The highest BCUT2D eigenvalue weighted by atomic mass is 14.5. The van der Waals surface area contributed by atoms with Crippen molar-refractivity contribution in [3.63, 3.8) is 0 Å². The molecule has 1 heteroatoms. The van der Waals surface area contributed by atoms with Gasteiger partial charge in [-0.15, -0.1) is 0 Å². The summed E-state index contributed by atoms with van der Waals surface area (Å²) in [6, 6.07) is 6.62. The van der Waals surface area contributed by atoms with E-state index in [2.05, 4.69) is 57.7 Å². The van der Waals surface area contributed by atoms with Crippen LogP contribution in [-0.4, -0.2) is 6.54 Å². The molecule has 0 unspecified atom stereocenters. The predicted octanol–water partition coefficient (Wildman–Crippen LogP) is 3.63. The van der Waals surface area contributed by atoms with E-state index < -0.39 is 0 Å². The first kappa shape index (κ1) is 13.8. The highest BCUT2D eigenvalue weighted by Gasteiger charge is 2.07. The molecule has 17 heavy (non-hydrogen) atoms. The highest BCUT2D eigenvalue weighted by Crippen LogP contribution is 2.24. The molecule has 0 aromatic heterocycles. The Morgan fingerprint density at radius 1 is 1.12 bits per heavy atom. The van der Waals surface area contributed by atoms with E-state index in [1.165, 1.54) is 11.1 Å². The molecular weight excluding hydrogens is 206 g/mol. The molecule has 0 aliphatic rings. The monoisotopic (exact) mass is 229 g/mol. The quantitative estimate of drug-likeness (QED) is 0.787. The second-order valence-corrected chi connectivity index (χ2v) is 5.00. The van der Waals surface area contributed by atoms with Gasteiger partial charge < -0.3 is 5.73 Å². The van der Waals surface area contributed by atoms with Crippen LogP contribution in [0.15, 0.2) is 18.2 Å². The van der Waals surface area contributed by atoms with Crippen molar-refractivity contribution < 1.29 is 0 Å². The summed E-state index contributed by atoms with van der Waals surface area (Å²) < 4.78 is 0. The number of hydrogen-bond acceptors (Lipinski definition) is 1. The summed E-state index contributed by atoms with van der Waals surface area (Å²) in [5, 5.41) is 0. The summed E-state index contributed by atoms with van der Waals surface area (Å²) in [6.45, 7) is 9.51. The van der Waals surface area contributed by atoms with Gasteiger partial charge in [-0.25, -0.2) is 0 Å². The van der Waals surface area contributed by atoms with Crippen LogP contribution in [0.2, 0.25) is 0 Å². The van der Waals surface area contributed by atoms with E-state index in [1.807, 2.05) is 0 Å². The minimum Gasteiger partial charge on any atom is -0.330 e. The fourth-order valence-corrected chi connectivity index (χ4v) is 1.76. The Morgan fingerprint density at radius 2 is 1.82 bits per heavy atom. The molecule has 0 bridgehead atoms. The average molecular weight is 229 g/mol. The topological polar surface area (TPSA) is 26.0 Å². The van der Waals surface area contributed by atoms with E-state index in [1.54, 1.807) is 0 Å². The highest BCUT2D eigenvalue weighted by molar-refractivity contribution is 5.45. The zero-order valence-corrected chi connectivity index (χ0v) is 11.4. The lowest BCUT2D eigenvalue weighted by atomic mass is 9.92. The molecule has 2 N–H and O–H groups in total. The third-order valence-corrected chi connectivity index (χ3v) is 2.86. The molecule has 1 nitrogen and oxygen atoms in total. The molecule has 0 saturated carbocycles. The van der Waals surface area contributed by atoms with Crippen LogP contribution in [-0.2, 0) is 0 Å². The van der Waals surface area contributed by atoms with Gasteiger partial charge in [0.05, 0.1) is 0 Å². The van der Waals surface area contributed by atoms with E-state index >= 15 is 0 Å². The van der Waals surface area contributed by atoms with Crippen LogP contribution in [0.1, 0.15) is 62.6 Å². The maximum atomic E-state index is 5.45. The predicted molar refractivity (Wildman–Crippen MR) is 75.2 cm³/mol. The second kappa shape index (κ2) is 6.47. The molecular formula is C16H23N. The fraction of sp³-hybridized carbons (Fsp3) is 0.500. The van der Waals surface area contributed by atoms with Crippen LogP contribution in [0, 0.1) is 11.8 Å². The van der Waals surface area contributed by atoms with Crippen LogP contribution in [0.5, 0.6) is 0 Å². The van der Waals surface area contributed by atoms with Crippen LogP contribution >= 0.6 is 0 Å². The molecule has 1 aromatic carbocycles. The first-order valence-corrected chi connectivity index (χ1v) is 6.39. The summed E-state index contributed by atoms with van der Waals surface area (Å²) >= 11 is 0. The van der Waals surface area contributed by atoms with Crippen molar-refractivity contribution in [2.45, 2.75) is 46.0 Å². The summed E-state index contributed by atoms with van der Waals surface area (Å²) in [4.78, 5) is 0. The van der Waals surface area contributed by atoms with Gasteiger partial charge in [-0.05, 0) is 29.0 Å². The standard InChI is InChI=1S/C16H23N/c1-12(2)15-9-8-14(7-5-6-10-17)16(11-15)13(3)4/h8-9,11-13H,6,10,17H2,1-4H3. The Labute approximate surface area is 105 Å². The van der Waals surface area contributed by atoms with E-state index in [9.17, 15) is 0 Å². The van der Waals surface area contributed by atoms with E-state index in [0.29, 0.717) is 18.4 Å². The van der Waals surface area contributed by atoms with E-state index in [4.69, 9.17) is 5.73 Å². The molecule has 0 fully saturated rings. The molecule has 0 aliphatic carbocycles. The van der Waals surface area contributed by atoms with Crippen molar-refractivity contribution in [1.82, 2.24) is 0 Å². The van der Waals surface area contributed by atoms with Gasteiger partial charge in [0, 0.05) is 18.5 Å². The SMILES string of the molecule is CC(C)c1ccc(C#CCCN)c(C(C)C)c1. The van der Waals surface area contributed by atoms with Crippen molar-refractivity contribution in [3.05, 3.63) is 34.9 Å². The van der Waals surface area contributed by atoms with Gasteiger partial charge in [0.15, 0.2) is 0 Å². The average Bonchev–Trinajstić information content (AvgIpc) is 2.29. The smallest absolute Gasteiger partial charge is 0.0280 e. The number of benzene rings is 1. The minimum absolute atomic E-state index is 0.510. The zero-order chi connectivity index (χ0) is 12.8. The molecule has 1 aromatic rings. The maximum Gasteiger partial charge on any atom is 0.0280 e. The van der Waals surface area contributed by atoms with Gasteiger partial charge in [0.25, 0.3) is 0 Å². The lowest BCUT2D eigenvalue weighted by molar-refractivity contribution is 0.831. The Kier molecular flexibility index (Phi) is 5.25. The minimum atomic E-state index is 0.510. The van der Waals surface area contributed by atoms with Crippen molar-refractivity contribution in [3.8, 4) is 11.8 Å². The Balaban J connectivity index is 3.10. The molecule has 0 atom stereocenters. The van der Waals surface area contributed by atoms with Crippen LogP contribution < -0.4 is 5.73 Å². The van der Waals surface area contributed by atoms with Gasteiger partial charge in [0.1, 0.15) is 0 Å². The van der Waals surface area contributed by atoms with Gasteiger partial charge in [-0.2, -0.15) is 0 Å². The van der Waals surface area contributed by atoms with E-state index in [0.717, 1.165) is 12.0 Å². The molecule has 0 saturated heterocycles. The summed E-state index contributed by atoms with van der Waals surface area (Å²) in [7, 11) is 0. The molecule has 0 radical (unpaired) electrons. The lowest BCUT2D eigenvalue weighted by Gasteiger charge is -2.13. The maximum absolute atomic E-state index is 5.45.